The first-order valence-corrected chi connectivity index (χ1v) is 11.4. The van der Waals surface area contributed by atoms with Gasteiger partial charge in [-0.2, -0.15) is 5.26 Å². The number of fused-ring (bicyclic) bond motifs is 1. The molecular weight excluding hydrogens is 422 g/mol. The van der Waals surface area contributed by atoms with Gasteiger partial charge in [0.2, 0.25) is 11.8 Å². The number of nitrogens with one attached hydrogen (secondary N) is 1. The Morgan fingerprint density at radius 3 is 2.76 bits per heavy atom. The smallest absolute Gasteiger partial charge is 0.244 e. The van der Waals surface area contributed by atoms with Crippen molar-refractivity contribution < 1.29 is 18.9 Å². The maximum Gasteiger partial charge on any atom is 0.244 e. The fraction of sp³-hybridized carbons (Fsp3) is 0.500. The molecule has 1 fully saturated rings. The predicted octanol–water partition coefficient (Wildman–Crippen LogP) is 2.86. The van der Waals surface area contributed by atoms with E-state index in [1.54, 1.807) is 0 Å². The van der Waals surface area contributed by atoms with Gasteiger partial charge in [0, 0.05) is 25.3 Å². The monoisotopic (exact) mass is 453 g/mol. The second-order valence-electron chi connectivity index (χ2n) is 8.38. The SMILES string of the molecule is CCOc1cc(C2C(C#N)=C(N)Oc3n[nH]c(C(C)C)c32)ccc1OCCN1CCOCC1. The summed E-state index contributed by atoms with van der Waals surface area (Å²) >= 11 is 0. The topological polar surface area (TPSA) is 119 Å². The lowest BCUT2D eigenvalue weighted by Crippen LogP contribution is -2.38. The van der Waals surface area contributed by atoms with E-state index < -0.39 is 5.92 Å². The van der Waals surface area contributed by atoms with E-state index in [1.165, 1.54) is 0 Å². The van der Waals surface area contributed by atoms with E-state index in [1.807, 2.05) is 25.1 Å². The van der Waals surface area contributed by atoms with Gasteiger partial charge in [0.05, 0.1) is 31.3 Å². The molecule has 1 saturated heterocycles. The minimum absolute atomic E-state index is 0.0700. The number of nitrogens with two attached hydrogens (primary N) is 1. The molecule has 2 aromatic rings. The second-order valence-corrected chi connectivity index (χ2v) is 8.38. The molecule has 2 aliphatic rings. The summed E-state index contributed by atoms with van der Waals surface area (Å²) in [5, 5.41) is 17.2. The zero-order chi connectivity index (χ0) is 23.4. The van der Waals surface area contributed by atoms with Crippen LogP contribution in [0.1, 0.15) is 49.4 Å². The van der Waals surface area contributed by atoms with Crippen LogP contribution in [0.2, 0.25) is 0 Å². The van der Waals surface area contributed by atoms with Crippen LogP contribution in [0.15, 0.2) is 29.7 Å². The van der Waals surface area contributed by atoms with E-state index >= 15 is 0 Å². The molecule has 0 aliphatic carbocycles. The standard InChI is InChI=1S/C24H31N5O4/c1-4-31-19-13-16(5-6-18(19)32-12-9-29-7-10-30-11-8-29)20-17(14-25)23(26)33-24-21(20)22(15(2)3)27-28-24/h5-6,13,15,20H,4,7-12,26H2,1-3H3,(H,27,28). The Labute approximate surface area is 194 Å². The van der Waals surface area contributed by atoms with Crippen molar-refractivity contribution >= 4 is 0 Å². The maximum atomic E-state index is 9.89. The van der Waals surface area contributed by atoms with Crippen LogP contribution in [-0.4, -0.2) is 61.2 Å². The van der Waals surface area contributed by atoms with Gasteiger partial charge in [0.25, 0.3) is 0 Å². The van der Waals surface area contributed by atoms with Crippen LogP contribution in [0, 0.1) is 11.3 Å². The average Bonchev–Trinajstić information content (AvgIpc) is 3.23. The van der Waals surface area contributed by atoms with E-state index in [2.05, 4.69) is 35.0 Å². The van der Waals surface area contributed by atoms with Gasteiger partial charge < -0.3 is 24.7 Å². The third kappa shape index (κ3) is 4.77. The van der Waals surface area contributed by atoms with Crippen molar-refractivity contribution in [1.82, 2.24) is 15.1 Å². The van der Waals surface area contributed by atoms with E-state index in [0.717, 1.165) is 49.7 Å². The minimum Gasteiger partial charge on any atom is -0.490 e. The molecule has 1 aromatic heterocycles. The van der Waals surface area contributed by atoms with Crippen LogP contribution in [-0.2, 0) is 4.74 Å². The molecule has 9 heteroatoms. The quantitative estimate of drug-likeness (QED) is 0.626. The number of nitrogens with zero attached hydrogens (tertiary/aromatic N) is 3. The molecule has 2 aliphatic heterocycles. The third-order valence-electron chi connectivity index (χ3n) is 5.92. The Balaban J connectivity index is 1.63. The highest BCUT2D eigenvalue weighted by molar-refractivity contribution is 5.58. The number of hydrogen-bond donors (Lipinski definition) is 2. The van der Waals surface area contributed by atoms with E-state index in [9.17, 15) is 5.26 Å². The highest BCUT2D eigenvalue weighted by Gasteiger charge is 2.36. The molecule has 9 nitrogen and oxygen atoms in total. The van der Waals surface area contributed by atoms with Gasteiger partial charge in [-0.05, 0) is 30.5 Å². The molecule has 0 spiro atoms. The van der Waals surface area contributed by atoms with Gasteiger partial charge in [-0.3, -0.25) is 10.00 Å². The van der Waals surface area contributed by atoms with Crippen LogP contribution < -0.4 is 19.9 Å². The summed E-state index contributed by atoms with van der Waals surface area (Å²) in [7, 11) is 0. The summed E-state index contributed by atoms with van der Waals surface area (Å²) in [4.78, 5) is 2.32. The zero-order valence-corrected chi connectivity index (χ0v) is 19.4. The van der Waals surface area contributed by atoms with Gasteiger partial charge in [-0.15, -0.1) is 5.10 Å². The number of benzene rings is 1. The summed E-state index contributed by atoms with van der Waals surface area (Å²) in [5.74, 6) is 1.55. The first-order chi connectivity index (χ1) is 16.0. The summed E-state index contributed by atoms with van der Waals surface area (Å²) in [6, 6.07) is 8.01. The number of nitriles is 1. The molecule has 3 N–H and O–H groups in total. The Bertz CT molecular complexity index is 1050. The molecule has 0 radical (unpaired) electrons. The molecule has 1 aromatic carbocycles. The van der Waals surface area contributed by atoms with E-state index in [0.29, 0.717) is 36.2 Å². The van der Waals surface area contributed by atoms with E-state index in [-0.39, 0.29) is 11.8 Å². The lowest BCUT2D eigenvalue weighted by molar-refractivity contribution is 0.0321. The highest BCUT2D eigenvalue weighted by atomic mass is 16.5. The van der Waals surface area contributed by atoms with Crippen molar-refractivity contribution in [3.05, 3.63) is 46.5 Å². The number of hydrogen-bond acceptors (Lipinski definition) is 8. The van der Waals surface area contributed by atoms with Gasteiger partial charge >= 0.3 is 0 Å². The summed E-state index contributed by atoms with van der Waals surface area (Å²) in [6.45, 7) is 11.3. The van der Waals surface area contributed by atoms with Crippen LogP contribution in [0.3, 0.4) is 0 Å². The van der Waals surface area contributed by atoms with Crippen LogP contribution in [0.4, 0.5) is 0 Å². The number of ether oxygens (including phenoxy) is 4. The van der Waals surface area contributed by atoms with Gasteiger partial charge in [-0.25, -0.2) is 0 Å². The normalized spacial score (nSPS) is 18.6. The lowest BCUT2D eigenvalue weighted by Gasteiger charge is -2.27. The van der Waals surface area contributed by atoms with Crippen LogP contribution >= 0.6 is 0 Å². The molecule has 0 amide bonds. The first-order valence-electron chi connectivity index (χ1n) is 11.4. The number of aromatic nitrogens is 2. The highest BCUT2D eigenvalue weighted by Crippen LogP contribution is 2.46. The summed E-state index contributed by atoms with van der Waals surface area (Å²) < 4.78 is 23.0. The number of H-pyrrole nitrogens is 1. The zero-order valence-electron chi connectivity index (χ0n) is 19.4. The van der Waals surface area contributed by atoms with Gasteiger partial charge in [-0.1, -0.05) is 19.9 Å². The molecule has 1 unspecified atom stereocenters. The number of morpholine rings is 1. The fourth-order valence-electron chi connectivity index (χ4n) is 4.24. The second kappa shape index (κ2) is 10.1. The largest absolute Gasteiger partial charge is 0.490 e. The lowest BCUT2D eigenvalue weighted by atomic mass is 9.82. The fourth-order valence-corrected chi connectivity index (χ4v) is 4.24. The first kappa shape index (κ1) is 23.0. The minimum atomic E-state index is -0.406. The molecule has 0 bridgehead atoms. The molecular formula is C24H31N5O4. The van der Waals surface area contributed by atoms with E-state index in [4.69, 9.17) is 24.7 Å². The molecule has 0 saturated carbocycles. The van der Waals surface area contributed by atoms with Crippen molar-refractivity contribution in [3.63, 3.8) is 0 Å². The van der Waals surface area contributed by atoms with Crippen molar-refractivity contribution in [1.29, 1.82) is 5.26 Å². The van der Waals surface area contributed by atoms with Crippen LogP contribution in [0.5, 0.6) is 17.4 Å². The third-order valence-corrected chi connectivity index (χ3v) is 5.92. The van der Waals surface area contributed by atoms with Crippen LogP contribution in [0.25, 0.3) is 0 Å². The number of allylic oxidation sites excluding steroid dienone is 1. The Hall–Kier alpha value is -3.22. The summed E-state index contributed by atoms with van der Waals surface area (Å²) in [6.07, 6.45) is 0. The Kier molecular flexibility index (Phi) is 7.06. The van der Waals surface area contributed by atoms with Gasteiger partial charge in [0.1, 0.15) is 18.2 Å². The van der Waals surface area contributed by atoms with Crippen molar-refractivity contribution in [3.8, 4) is 23.4 Å². The van der Waals surface area contributed by atoms with Crippen molar-refractivity contribution in [2.24, 2.45) is 5.73 Å². The van der Waals surface area contributed by atoms with Gasteiger partial charge in [0.15, 0.2) is 11.5 Å². The molecule has 3 heterocycles. The van der Waals surface area contributed by atoms with Crippen molar-refractivity contribution in [2.45, 2.75) is 32.6 Å². The molecule has 4 rings (SSSR count). The Morgan fingerprint density at radius 1 is 1.27 bits per heavy atom. The number of aromatic amines is 1. The molecule has 176 valence electrons. The molecule has 33 heavy (non-hydrogen) atoms. The van der Waals surface area contributed by atoms with Crippen molar-refractivity contribution in [2.75, 3.05) is 46.1 Å². The number of rotatable bonds is 8. The Morgan fingerprint density at radius 2 is 2.06 bits per heavy atom. The molecule has 1 atom stereocenters. The summed E-state index contributed by atoms with van der Waals surface area (Å²) in [5.41, 5.74) is 9.06. The maximum absolute atomic E-state index is 9.89. The average molecular weight is 454 g/mol. The predicted molar refractivity (Wildman–Crippen MR) is 122 cm³/mol.